The molecule has 2 bridgehead atoms. The van der Waals surface area contributed by atoms with E-state index in [9.17, 15) is 22.0 Å². The monoisotopic (exact) mass is 788 g/mol. The van der Waals surface area contributed by atoms with Gasteiger partial charge in [-0.25, -0.2) is 21.9 Å². The molecule has 0 spiro atoms. The minimum atomic E-state index is -4.02. The van der Waals surface area contributed by atoms with Crippen LogP contribution in [0.15, 0.2) is 48.6 Å². The van der Waals surface area contributed by atoms with Gasteiger partial charge in [0.1, 0.15) is 18.0 Å². The van der Waals surface area contributed by atoms with Gasteiger partial charge in [0, 0.05) is 82.4 Å². The van der Waals surface area contributed by atoms with E-state index in [0.717, 1.165) is 62.0 Å². The number of rotatable bonds is 3. The highest BCUT2D eigenvalue weighted by atomic mass is 35.5. The number of allylic oxidation sites excluding steroid dienone is 1. The van der Waals surface area contributed by atoms with Gasteiger partial charge in [-0.05, 0) is 105 Å². The third-order valence-corrected chi connectivity index (χ3v) is 15.2. The summed E-state index contributed by atoms with van der Waals surface area (Å²) in [5.74, 6) is -2.61. The van der Waals surface area contributed by atoms with Crippen molar-refractivity contribution in [3.05, 3.63) is 70.3 Å². The Balaban J connectivity index is 1.24. The molecule has 1 aliphatic carbocycles. The van der Waals surface area contributed by atoms with Gasteiger partial charge in [0.05, 0.1) is 10.9 Å². The van der Waals surface area contributed by atoms with Crippen LogP contribution in [0.25, 0.3) is 0 Å². The van der Waals surface area contributed by atoms with Crippen LogP contribution in [-0.2, 0) is 27.8 Å². The Bertz CT molecular complexity index is 1830. The number of halogens is 3. The van der Waals surface area contributed by atoms with Crippen LogP contribution in [0.4, 0.5) is 14.5 Å². The van der Waals surface area contributed by atoms with Crippen molar-refractivity contribution in [3.8, 4) is 5.75 Å². The lowest BCUT2D eigenvalue weighted by Crippen LogP contribution is -2.62. The number of carbonyl (C=O) groups is 1. The summed E-state index contributed by atoms with van der Waals surface area (Å²) < 4.78 is 71.8. The molecule has 4 heterocycles. The molecule has 2 saturated heterocycles. The average molecular weight is 789 g/mol. The summed E-state index contributed by atoms with van der Waals surface area (Å²) in [5.41, 5.74) is 2.51. The second kappa shape index (κ2) is 16.0. The van der Waals surface area contributed by atoms with Gasteiger partial charge in [-0.15, -0.1) is 0 Å². The summed E-state index contributed by atoms with van der Waals surface area (Å²) in [6, 6.07) is 10.9. The molecule has 6 atom stereocenters. The van der Waals surface area contributed by atoms with Crippen molar-refractivity contribution in [2.24, 2.45) is 17.8 Å². The Morgan fingerprint density at radius 1 is 1.02 bits per heavy atom. The maximum absolute atomic E-state index is 14.6. The Kier molecular flexibility index (Phi) is 11.7. The first kappa shape index (κ1) is 39.5. The molecule has 0 unspecified atom stereocenters. The Morgan fingerprint density at radius 2 is 1.85 bits per heavy atom. The fraction of sp³-hybridized carbons (Fsp3) is 0.634. The predicted octanol–water partition coefficient (Wildman–Crippen LogP) is 6.93. The zero-order valence-electron chi connectivity index (χ0n) is 31.7. The van der Waals surface area contributed by atoms with Crippen LogP contribution in [0.1, 0.15) is 80.3 Å². The molecule has 2 aromatic rings. The number of carbonyl (C=O) groups excluding carboxylic acids is 1. The van der Waals surface area contributed by atoms with Gasteiger partial charge in [-0.3, -0.25) is 14.6 Å². The second-order valence-corrected chi connectivity index (χ2v) is 18.9. The van der Waals surface area contributed by atoms with E-state index in [1.54, 1.807) is 32.2 Å². The zero-order chi connectivity index (χ0) is 38.3. The average Bonchev–Trinajstić information content (AvgIpc) is 3.14. The molecule has 7 rings (SSSR count). The van der Waals surface area contributed by atoms with Crippen molar-refractivity contribution in [1.29, 1.82) is 0 Å². The van der Waals surface area contributed by atoms with Crippen LogP contribution in [0.3, 0.4) is 0 Å². The fourth-order valence-electron chi connectivity index (χ4n) is 9.32. The summed E-state index contributed by atoms with van der Waals surface area (Å²) in [4.78, 5) is 20.4. The zero-order valence-corrected chi connectivity index (χ0v) is 33.3. The van der Waals surface area contributed by atoms with Crippen LogP contribution in [0.2, 0.25) is 5.02 Å². The van der Waals surface area contributed by atoms with Crippen LogP contribution in [0, 0.1) is 17.8 Å². The number of aryl methyl sites for hydroxylation is 1. The number of nitrogens with zero attached hydrogens (tertiary/aromatic N) is 3. The first-order chi connectivity index (χ1) is 25.8. The first-order valence-corrected chi connectivity index (χ1v) is 21.6. The maximum Gasteiger partial charge on any atom is 0.264 e. The number of hydrogen-bond donors (Lipinski definition) is 1. The van der Waals surface area contributed by atoms with Gasteiger partial charge < -0.3 is 14.4 Å². The van der Waals surface area contributed by atoms with E-state index < -0.39 is 32.7 Å². The Labute approximate surface area is 324 Å². The van der Waals surface area contributed by atoms with Gasteiger partial charge in [0.15, 0.2) is 0 Å². The normalized spacial score (nSPS) is 32.7. The van der Waals surface area contributed by atoms with Crippen LogP contribution in [0.5, 0.6) is 5.75 Å². The Hall–Kier alpha value is -2.77. The number of benzene rings is 2. The number of anilines is 1. The lowest BCUT2D eigenvalue weighted by Gasteiger charge is -2.53. The van der Waals surface area contributed by atoms with E-state index in [1.807, 2.05) is 31.2 Å². The summed E-state index contributed by atoms with van der Waals surface area (Å²) in [7, 11) is -2.26. The van der Waals surface area contributed by atoms with Crippen molar-refractivity contribution in [2.45, 2.75) is 94.6 Å². The first-order valence-electron chi connectivity index (χ1n) is 19.7. The highest BCUT2D eigenvalue weighted by Crippen LogP contribution is 2.47. The van der Waals surface area contributed by atoms with Crippen molar-refractivity contribution >= 4 is 33.2 Å². The number of piperidine rings is 1. The minimum Gasteiger partial charge on any atom is -0.487 e. The van der Waals surface area contributed by atoms with Gasteiger partial charge in [0.2, 0.25) is 10.0 Å². The summed E-state index contributed by atoms with van der Waals surface area (Å²) in [6.07, 6.45) is 9.05. The molecule has 5 aliphatic rings. The number of amides is 1. The molecule has 4 aliphatic heterocycles. The summed E-state index contributed by atoms with van der Waals surface area (Å²) in [6.45, 7) is 8.32. The molecule has 1 amide bonds. The summed E-state index contributed by atoms with van der Waals surface area (Å²) >= 11 is 6.39. The molecular formula is C41H55ClF2N4O5S. The number of nitrogens with one attached hydrogen (secondary N) is 1. The number of alkyl halides is 2. The third kappa shape index (κ3) is 8.48. The van der Waals surface area contributed by atoms with Crippen molar-refractivity contribution < 1.29 is 31.5 Å². The molecule has 3 fully saturated rings. The van der Waals surface area contributed by atoms with Crippen LogP contribution >= 0.6 is 11.6 Å². The predicted molar refractivity (Wildman–Crippen MR) is 208 cm³/mol. The molecule has 1 N–H and O–H groups in total. The molecule has 0 aromatic heterocycles. The second-order valence-electron chi connectivity index (χ2n) is 16.4. The number of hydrogen-bond acceptors (Lipinski definition) is 8. The standard InChI is InChI=1S/C41H55ClF2N4O5S/c1-28-7-6-15-40(52-3,27-46-19-20-47-18-16-41(43,44)23-35(47)25-46)36-13-10-32(36)24-48-17-5-4-8-30-21-34(42)12-9-33(30)26-53-38-14-11-31(22-37(38)48)39(49)45-54(50,51)29(28)2/h6,9,11-12,14-15,21-22,28-29,32,35-36H,4-5,7-8,10,13,16-20,23-27H2,1-3H3,(H,45,49)/b15-6-/t28-,29+,32-,35-,36+,40-/m0/s1. The molecule has 13 heteroatoms. The van der Waals surface area contributed by atoms with E-state index in [0.29, 0.717) is 56.5 Å². The van der Waals surface area contributed by atoms with Crippen molar-refractivity contribution in [3.63, 3.8) is 0 Å². The summed E-state index contributed by atoms with van der Waals surface area (Å²) in [5, 5.41) is -0.156. The van der Waals surface area contributed by atoms with Crippen molar-refractivity contribution in [1.82, 2.24) is 14.5 Å². The molecule has 0 radical (unpaired) electrons. The van der Waals surface area contributed by atoms with E-state index in [2.05, 4.69) is 25.5 Å². The van der Waals surface area contributed by atoms with Gasteiger partial charge >= 0.3 is 0 Å². The van der Waals surface area contributed by atoms with E-state index in [-0.39, 0.29) is 42.2 Å². The van der Waals surface area contributed by atoms with Gasteiger partial charge in [-0.1, -0.05) is 36.7 Å². The topological polar surface area (TPSA) is 91.4 Å². The molecule has 2 aromatic carbocycles. The number of fused-ring (bicyclic) bond motifs is 4. The number of ether oxygens (including phenoxy) is 2. The van der Waals surface area contributed by atoms with E-state index >= 15 is 0 Å². The van der Waals surface area contributed by atoms with Gasteiger partial charge in [-0.2, -0.15) is 0 Å². The molecule has 9 nitrogen and oxygen atoms in total. The molecular weight excluding hydrogens is 734 g/mol. The third-order valence-electron chi connectivity index (χ3n) is 13.0. The lowest BCUT2D eigenvalue weighted by atomic mass is 9.63. The maximum atomic E-state index is 14.6. The van der Waals surface area contributed by atoms with Crippen molar-refractivity contribution in [2.75, 3.05) is 57.8 Å². The number of sulfonamides is 1. The van der Waals surface area contributed by atoms with Gasteiger partial charge in [0.25, 0.3) is 11.8 Å². The Morgan fingerprint density at radius 3 is 2.63 bits per heavy atom. The van der Waals surface area contributed by atoms with Crippen LogP contribution in [-0.4, -0.2) is 99.9 Å². The lowest BCUT2D eigenvalue weighted by molar-refractivity contribution is -0.119. The SMILES string of the molecule is CO[C@]1(CN2CCN3CCC(F)(F)C[C@H]3C2)/C=C\C[C@H](C)[C@@H](C)S(=O)(=O)NC(=O)c2ccc3c(c2)N(CCCCc2cc(Cl)ccc2CO3)C[C@@H]2CC[C@H]21. The quantitative estimate of drug-likeness (QED) is 0.335. The molecule has 296 valence electrons. The smallest absolute Gasteiger partial charge is 0.264 e. The largest absolute Gasteiger partial charge is 0.487 e. The minimum absolute atomic E-state index is 0.0819. The fourth-order valence-corrected chi connectivity index (χ4v) is 10.8. The number of piperazine rings is 1. The van der Waals surface area contributed by atoms with Crippen LogP contribution < -0.4 is 14.4 Å². The highest BCUT2D eigenvalue weighted by Gasteiger charge is 2.50. The molecule has 54 heavy (non-hydrogen) atoms. The van der Waals surface area contributed by atoms with E-state index in [1.165, 1.54) is 0 Å². The highest BCUT2D eigenvalue weighted by molar-refractivity contribution is 7.90. The van der Waals surface area contributed by atoms with E-state index in [4.69, 9.17) is 21.1 Å². The number of methoxy groups -OCH3 is 1. The molecule has 1 saturated carbocycles.